The molecule has 2 unspecified atom stereocenters. The van der Waals surface area contributed by atoms with Gasteiger partial charge in [0.15, 0.2) is 6.23 Å². The zero-order valence-corrected chi connectivity index (χ0v) is 11.1. The van der Waals surface area contributed by atoms with Crippen LogP contribution in [0.4, 0.5) is 9.18 Å². The Balaban J connectivity index is 2.17. The fourth-order valence-corrected chi connectivity index (χ4v) is 2.41. The molecule has 114 valence electrons. The molecule has 0 aromatic heterocycles. The Labute approximate surface area is 115 Å². The van der Waals surface area contributed by atoms with Crippen LogP contribution in [0.15, 0.2) is 11.8 Å². The first kappa shape index (κ1) is 15.2. The fraction of sp³-hybridized carbons (Fsp3) is 0.750. The Morgan fingerprint density at radius 3 is 2.75 bits per heavy atom. The SMILES string of the molecule is CC1=CN([C@H]2CC(O)[C@@H](CO)O2)C(=O)N(CCF)C1O. The van der Waals surface area contributed by atoms with Crippen LogP contribution in [-0.2, 0) is 4.74 Å². The summed E-state index contributed by atoms with van der Waals surface area (Å²) in [5.74, 6) is 0. The van der Waals surface area contributed by atoms with E-state index in [4.69, 9.17) is 9.84 Å². The molecule has 0 aromatic rings. The average Bonchev–Trinajstić information content (AvgIpc) is 2.80. The molecule has 2 rings (SSSR count). The van der Waals surface area contributed by atoms with Crippen LogP contribution in [0.3, 0.4) is 0 Å². The minimum absolute atomic E-state index is 0.153. The average molecular weight is 290 g/mol. The van der Waals surface area contributed by atoms with Crippen molar-refractivity contribution in [3.05, 3.63) is 11.8 Å². The maximum Gasteiger partial charge on any atom is 0.328 e. The van der Waals surface area contributed by atoms with Gasteiger partial charge < -0.3 is 20.1 Å². The number of amides is 2. The van der Waals surface area contributed by atoms with E-state index in [-0.39, 0.29) is 19.6 Å². The zero-order valence-electron chi connectivity index (χ0n) is 11.1. The number of carbonyl (C=O) groups excluding carboxylic acids is 1. The lowest BCUT2D eigenvalue weighted by Gasteiger charge is -2.39. The van der Waals surface area contributed by atoms with Crippen molar-refractivity contribution in [1.29, 1.82) is 0 Å². The van der Waals surface area contributed by atoms with Gasteiger partial charge in [0.25, 0.3) is 0 Å². The molecule has 4 atom stereocenters. The summed E-state index contributed by atoms with van der Waals surface area (Å²) in [7, 11) is 0. The zero-order chi connectivity index (χ0) is 14.9. The van der Waals surface area contributed by atoms with E-state index < -0.39 is 37.4 Å². The first-order chi connectivity index (χ1) is 9.49. The van der Waals surface area contributed by atoms with Crippen LogP contribution in [0, 0.1) is 0 Å². The maximum absolute atomic E-state index is 12.5. The van der Waals surface area contributed by atoms with Crippen molar-refractivity contribution >= 4 is 6.03 Å². The van der Waals surface area contributed by atoms with Gasteiger partial charge in [-0.05, 0) is 12.5 Å². The monoisotopic (exact) mass is 290 g/mol. The van der Waals surface area contributed by atoms with E-state index in [0.29, 0.717) is 5.57 Å². The van der Waals surface area contributed by atoms with Gasteiger partial charge in [-0.1, -0.05) is 0 Å². The van der Waals surface area contributed by atoms with E-state index >= 15 is 0 Å². The molecule has 0 saturated carbocycles. The largest absolute Gasteiger partial charge is 0.394 e. The van der Waals surface area contributed by atoms with Gasteiger partial charge in [0.2, 0.25) is 0 Å². The third-order valence-corrected chi connectivity index (χ3v) is 3.53. The Morgan fingerprint density at radius 1 is 1.50 bits per heavy atom. The first-order valence-electron chi connectivity index (χ1n) is 6.45. The third-order valence-electron chi connectivity index (χ3n) is 3.53. The Morgan fingerprint density at radius 2 is 2.20 bits per heavy atom. The number of hydrogen-bond acceptors (Lipinski definition) is 5. The van der Waals surface area contributed by atoms with Crippen molar-refractivity contribution in [2.24, 2.45) is 0 Å². The van der Waals surface area contributed by atoms with Crippen LogP contribution in [0.25, 0.3) is 0 Å². The van der Waals surface area contributed by atoms with Gasteiger partial charge >= 0.3 is 6.03 Å². The van der Waals surface area contributed by atoms with Crippen LogP contribution in [-0.4, -0.2) is 75.6 Å². The van der Waals surface area contributed by atoms with Gasteiger partial charge in [-0.25, -0.2) is 9.18 Å². The van der Waals surface area contributed by atoms with E-state index in [0.717, 1.165) is 4.90 Å². The minimum Gasteiger partial charge on any atom is -0.394 e. The summed E-state index contributed by atoms with van der Waals surface area (Å²) in [6, 6.07) is -0.587. The molecule has 20 heavy (non-hydrogen) atoms. The van der Waals surface area contributed by atoms with Crippen LogP contribution in [0.2, 0.25) is 0 Å². The summed E-state index contributed by atoms with van der Waals surface area (Å²) in [5, 5.41) is 28.6. The molecule has 2 aliphatic heterocycles. The third kappa shape index (κ3) is 2.64. The van der Waals surface area contributed by atoms with Crippen molar-refractivity contribution in [1.82, 2.24) is 9.80 Å². The number of aliphatic hydroxyl groups is 3. The predicted molar refractivity (Wildman–Crippen MR) is 66.1 cm³/mol. The fourth-order valence-electron chi connectivity index (χ4n) is 2.41. The number of aliphatic hydroxyl groups excluding tert-OH is 3. The van der Waals surface area contributed by atoms with E-state index in [1.54, 1.807) is 6.92 Å². The van der Waals surface area contributed by atoms with Gasteiger partial charge in [0.05, 0.1) is 19.3 Å². The quantitative estimate of drug-likeness (QED) is 0.642. The second-order valence-electron chi connectivity index (χ2n) is 4.93. The highest BCUT2D eigenvalue weighted by Gasteiger charge is 2.42. The molecule has 1 saturated heterocycles. The lowest BCUT2D eigenvalue weighted by atomic mass is 10.1. The van der Waals surface area contributed by atoms with Gasteiger partial charge in [-0.3, -0.25) is 9.80 Å². The molecule has 2 amide bonds. The summed E-state index contributed by atoms with van der Waals surface area (Å²) < 4.78 is 17.9. The lowest BCUT2D eigenvalue weighted by molar-refractivity contribution is -0.0657. The standard InChI is InChI=1S/C12H19FN2O5/c1-7-5-15(10-4-8(17)9(6-16)20-10)12(19)14(3-2-13)11(7)18/h5,8-11,16-18H,2-4,6H2,1H3/t8?,9-,10-,11?/m1/s1. The maximum atomic E-state index is 12.5. The van der Waals surface area contributed by atoms with Crippen molar-refractivity contribution in [3.8, 4) is 0 Å². The van der Waals surface area contributed by atoms with Gasteiger partial charge in [-0.15, -0.1) is 0 Å². The molecule has 0 aliphatic carbocycles. The topological polar surface area (TPSA) is 93.5 Å². The number of hydrogen-bond donors (Lipinski definition) is 3. The van der Waals surface area contributed by atoms with Gasteiger partial charge in [0, 0.05) is 12.6 Å². The van der Waals surface area contributed by atoms with Crippen LogP contribution >= 0.6 is 0 Å². The van der Waals surface area contributed by atoms with E-state index in [1.807, 2.05) is 0 Å². The molecule has 2 aliphatic rings. The predicted octanol–water partition coefficient (Wildman–Crippen LogP) is -0.616. The summed E-state index contributed by atoms with van der Waals surface area (Å²) in [4.78, 5) is 14.4. The molecular formula is C12H19FN2O5. The number of urea groups is 1. The molecule has 0 radical (unpaired) electrons. The minimum atomic E-state index is -1.16. The van der Waals surface area contributed by atoms with Gasteiger partial charge in [-0.2, -0.15) is 0 Å². The van der Waals surface area contributed by atoms with Crippen LogP contribution in [0.5, 0.6) is 0 Å². The van der Waals surface area contributed by atoms with E-state index in [9.17, 15) is 19.4 Å². The highest BCUT2D eigenvalue weighted by Crippen LogP contribution is 2.28. The number of halogens is 1. The number of alkyl halides is 1. The van der Waals surface area contributed by atoms with Crippen molar-refractivity contribution < 1.29 is 29.2 Å². The molecule has 7 nitrogen and oxygen atoms in total. The number of ether oxygens (including phenoxy) is 1. The van der Waals surface area contributed by atoms with Crippen molar-refractivity contribution in [2.75, 3.05) is 19.8 Å². The number of carbonyl (C=O) groups is 1. The smallest absolute Gasteiger partial charge is 0.328 e. The lowest BCUT2D eigenvalue weighted by Crippen LogP contribution is -2.54. The van der Waals surface area contributed by atoms with Crippen LogP contribution in [0.1, 0.15) is 13.3 Å². The molecule has 0 bridgehead atoms. The molecule has 0 aromatic carbocycles. The second-order valence-corrected chi connectivity index (χ2v) is 4.93. The Bertz CT molecular complexity index is 405. The molecular weight excluding hydrogens is 271 g/mol. The second kappa shape index (κ2) is 6.04. The highest BCUT2D eigenvalue weighted by molar-refractivity contribution is 5.77. The van der Waals surface area contributed by atoms with E-state index in [1.165, 1.54) is 11.1 Å². The molecule has 0 spiro atoms. The summed E-state index contributed by atoms with van der Waals surface area (Å²) in [5.41, 5.74) is 0.476. The van der Waals surface area contributed by atoms with E-state index in [2.05, 4.69) is 0 Å². The summed E-state index contributed by atoms with van der Waals surface area (Å²) in [6.07, 6.45) is -1.93. The molecule has 2 heterocycles. The Kier molecular flexibility index (Phi) is 4.59. The summed E-state index contributed by atoms with van der Waals surface area (Å²) >= 11 is 0. The van der Waals surface area contributed by atoms with Crippen LogP contribution < -0.4 is 0 Å². The van der Waals surface area contributed by atoms with Crippen molar-refractivity contribution in [3.63, 3.8) is 0 Å². The highest BCUT2D eigenvalue weighted by atomic mass is 19.1. The number of rotatable bonds is 4. The summed E-state index contributed by atoms with van der Waals surface area (Å²) in [6.45, 7) is 0.279. The normalized spacial score (nSPS) is 34.6. The van der Waals surface area contributed by atoms with Gasteiger partial charge in [0.1, 0.15) is 19.0 Å². The Hall–Kier alpha value is -1.22. The molecule has 8 heteroatoms. The first-order valence-corrected chi connectivity index (χ1v) is 6.45. The molecule has 1 fully saturated rings. The molecule has 3 N–H and O–H groups in total. The number of nitrogens with zero attached hydrogens (tertiary/aromatic N) is 2. The van der Waals surface area contributed by atoms with Crippen molar-refractivity contribution in [2.45, 2.75) is 38.0 Å².